The first kappa shape index (κ1) is 14.5. The molecule has 0 spiro atoms. The van der Waals surface area contributed by atoms with Crippen LogP contribution in [0.1, 0.15) is 44.2 Å². The number of piperidine rings is 1. The molecule has 2 aliphatic rings. The van der Waals surface area contributed by atoms with E-state index in [4.69, 9.17) is 0 Å². The van der Waals surface area contributed by atoms with E-state index in [0.29, 0.717) is 12.8 Å². The molecule has 2 heterocycles. The lowest BCUT2D eigenvalue weighted by Crippen LogP contribution is -2.50. The van der Waals surface area contributed by atoms with Gasteiger partial charge in [0.05, 0.1) is 17.5 Å². The third-order valence-corrected chi connectivity index (χ3v) is 6.00. The number of carbonyl (C=O) groups excluding carboxylic acids is 1. The monoisotopic (exact) mass is 312 g/mol. The molecule has 0 radical (unpaired) electrons. The SMILES string of the molecule is CCn1cc([C@@H]2NC(=O)CC[C@H]2NS(=O)(=O)C2CC2)cn1. The minimum absolute atomic E-state index is 0.0499. The molecule has 2 fully saturated rings. The van der Waals surface area contributed by atoms with Crippen molar-refractivity contribution >= 4 is 15.9 Å². The normalized spacial score (nSPS) is 26.6. The molecule has 1 aliphatic carbocycles. The van der Waals surface area contributed by atoms with Crippen LogP contribution in [-0.2, 0) is 21.4 Å². The van der Waals surface area contributed by atoms with Gasteiger partial charge in [0.2, 0.25) is 15.9 Å². The molecular formula is C13H20N4O3S. The van der Waals surface area contributed by atoms with Gasteiger partial charge in [-0.2, -0.15) is 5.10 Å². The molecule has 1 aromatic rings. The highest BCUT2D eigenvalue weighted by Crippen LogP contribution is 2.30. The third-order valence-electron chi connectivity index (χ3n) is 4.02. The number of nitrogens with zero attached hydrogens (tertiary/aromatic N) is 2. The maximum atomic E-state index is 12.1. The Balaban J connectivity index is 1.80. The Hall–Kier alpha value is -1.41. The van der Waals surface area contributed by atoms with Crippen molar-refractivity contribution in [2.75, 3.05) is 0 Å². The first-order valence-electron chi connectivity index (χ1n) is 7.32. The Morgan fingerprint density at radius 1 is 1.43 bits per heavy atom. The zero-order chi connectivity index (χ0) is 15.0. The average molecular weight is 312 g/mol. The van der Waals surface area contributed by atoms with Gasteiger partial charge in [-0.05, 0) is 26.2 Å². The van der Waals surface area contributed by atoms with Crippen LogP contribution in [-0.4, -0.2) is 35.4 Å². The number of sulfonamides is 1. The van der Waals surface area contributed by atoms with E-state index in [9.17, 15) is 13.2 Å². The Labute approximate surface area is 124 Å². The highest BCUT2D eigenvalue weighted by Gasteiger charge is 2.40. The molecule has 1 aromatic heterocycles. The molecule has 1 aliphatic heterocycles. The topological polar surface area (TPSA) is 93.1 Å². The smallest absolute Gasteiger partial charge is 0.220 e. The van der Waals surface area contributed by atoms with Crippen molar-refractivity contribution in [2.24, 2.45) is 0 Å². The van der Waals surface area contributed by atoms with Crippen LogP contribution in [0.5, 0.6) is 0 Å². The minimum atomic E-state index is -3.27. The molecule has 0 aromatic carbocycles. The first-order chi connectivity index (χ1) is 9.99. The van der Waals surface area contributed by atoms with E-state index in [1.165, 1.54) is 0 Å². The Bertz CT molecular complexity index is 636. The van der Waals surface area contributed by atoms with Crippen molar-refractivity contribution in [3.63, 3.8) is 0 Å². The molecular weight excluding hydrogens is 292 g/mol. The summed E-state index contributed by atoms with van der Waals surface area (Å²) in [5.74, 6) is -0.0499. The molecule has 2 N–H and O–H groups in total. The summed E-state index contributed by atoms with van der Waals surface area (Å²) in [6.45, 7) is 2.71. The van der Waals surface area contributed by atoms with Gasteiger partial charge in [0.15, 0.2) is 0 Å². The second kappa shape index (κ2) is 5.42. The van der Waals surface area contributed by atoms with Crippen molar-refractivity contribution in [1.29, 1.82) is 0 Å². The molecule has 7 nitrogen and oxygen atoms in total. The highest BCUT2D eigenvalue weighted by atomic mass is 32.2. The lowest BCUT2D eigenvalue weighted by Gasteiger charge is -2.32. The number of nitrogens with one attached hydrogen (secondary N) is 2. The van der Waals surface area contributed by atoms with Gasteiger partial charge in [0.25, 0.3) is 0 Å². The van der Waals surface area contributed by atoms with Gasteiger partial charge in [0, 0.05) is 30.8 Å². The van der Waals surface area contributed by atoms with E-state index >= 15 is 0 Å². The number of amides is 1. The van der Waals surface area contributed by atoms with Crippen LogP contribution in [0.25, 0.3) is 0 Å². The van der Waals surface area contributed by atoms with E-state index in [-0.39, 0.29) is 23.2 Å². The van der Waals surface area contributed by atoms with E-state index in [1.54, 1.807) is 10.9 Å². The molecule has 0 unspecified atom stereocenters. The summed E-state index contributed by atoms with van der Waals surface area (Å²) in [5, 5.41) is 6.83. The van der Waals surface area contributed by atoms with Gasteiger partial charge >= 0.3 is 0 Å². The van der Waals surface area contributed by atoms with Crippen molar-refractivity contribution < 1.29 is 13.2 Å². The number of carbonyl (C=O) groups is 1. The van der Waals surface area contributed by atoms with Crippen molar-refractivity contribution in [3.05, 3.63) is 18.0 Å². The summed E-state index contributed by atoms with van der Waals surface area (Å²) in [7, 11) is -3.27. The van der Waals surface area contributed by atoms with Gasteiger partial charge < -0.3 is 5.32 Å². The summed E-state index contributed by atoms with van der Waals surface area (Å²) in [4.78, 5) is 11.7. The average Bonchev–Trinajstić information content (AvgIpc) is 3.20. The minimum Gasteiger partial charge on any atom is -0.348 e. The molecule has 2 atom stereocenters. The van der Waals surface area contributed by atoms with Crippen LogP contribution in [0.2, 0.25) is 0 Å². The lowest BCUT2D eigenvalue weighted by molar-refractivity contribution is -0.123. The molecule has 1 saturated heterocycles. The number of aryl methyl sites for hydroxylation is 1. The van der Waals surface area contributed by atoms with Gasteiger partial charge in [-0.25, -0.2) is 13.1 Å². The van der Waals surface area contributed by atoms with Crippen LogP contribution in [0.15, 0.2) is 12.4 Å². The fourth-order valence-electron chi connectivity index (χ4n) is 2.64. The summed E-state index contributed by atoms with van der Waals surface area (Å²) < 4.78 is 28.8. The number of aromatic nitrogens is 2. The molecule has 1 saturated carbocycles. The zero-order valence-electron chi connectivity index (χ0n) is 11.9. The van der Waals surface area contributed by atoms with Gasteiger partial charge in [-0.1, -0.05) is 0 Å². The quantitative estimate of drug-likeness (QED) is 0.818. The largest absolute Gasteiger partial charge is 0.348 e. The van der Waals surface area contributed by atoms with Crippen LogP contribution in [0, 0.1) is 0 Å². The van der Waals surface area contributed by atoms with Crippen LogP contribution >= 0.6 is 0 Å². The zero-order valence-corrected chi connectivity index (χ0v) is 12.8. The number of hydrogen-bond donors (Lipinski definition) is 2. The molecule has 1 amide bonds. The summed E-state index contributed by atoms with van der Waals surface area (Å²) in [6, 6.07) is -0.650. The van der Waals surface area contributed by atoms with Gasteiger partial charge in [-0.15, -0.1) is 0 Å². The number of hydrogen-bond acceptors (Lipinski definition) is 4. The molecule has 3 rings (SSSR count). The second-order valence-corrected chi connectivity index (χ2v) is 7.67. The van der Waals surface area contributed by atoms with Crippen molar-refractivity contribution in [1.82, 2.24) is 19.8 Å². The van der Waals surface area contributed by atoms with Crippen molar-refractivity contribution in [2.45, 2.75) is 56.5 Å². The predicted molar refractivity (Wildman–Crippen MR) is 76.9 cm³/mol. The first-order valence-corrected chi connectivity index (χ1v) is 8.87. The summed E-state index contributed by atoms with van der Waals surface area (Å²) >= 11 is 0. The van der Waals surface area contributed by atoms with E-state index in [1.807, 2.05) is 13.1 Å². The second-order valence-electron chi connectivity index (χ2n) is 5.68. The Morgan fingerprint density at radius 3 is 2.81 bits per heavy atom. The predicted octanol–water partition coefficient (Wildman–Crippen LogP) is 0.305. The fraction of sp³-hybridized carbons (Fsp3) is 0.692. The van der Waals surface area contributed by atoms with E-state index in [2.05, 4.69) is 15.1 Å². The summed E-state index contributed by atoms with van der Waals surface area (Å²) in [6.07, 6.45) is 5.86. The van der Waals surface area contributed by atoms with Crippen molar-refractivity contribution in [3.8, 4) is 0 Å². The summed E-state index contributed by atoms with van der Waals surface area (Å²) in [5.41, 5.74) is 0.841. The third kappa shape index (κ3) is 3.11. The lowest BCUT2D eigenvalue weighted by atomic mass is 9.95. The highest BCUT2D eigenvalue weighted by molar-refractivity contribution is 7.90. The molecule has 0 bridgehead atoms. The molecule has 8 heteroatoms. The van der Waals surface area contributed by atoms with Gasteiger partial charge in [-0.3, -0.25) is 9.48 Å². The Morgan fingerprint density at radius 2 is 2.19 bits per heavy atom. The fourth-order valence-corrected chi connectivity index (χ4v) is 4.27. The molecule has 116 valence electrons. The van der Waals surface area contributed by atoms with Crippen LogP contribution in [0.3, 0.4) is 0 Å². The molecule has 21 heavy (non-hydrogen) atoms. The maximum absolute atomic E-state index is 12.1. The van der Waals surface area contributed by atoms with E-state index in [0.717, 1.165) is 24.9 Å². The maximum Gasteiger partial charge on any atom is 0.220 e. The van der Waals surface area contributed by atoms with Crippen LogP contribution in [0.4, 0.5) is 0 Å². The van der Waals surface area contributed by atoms with E-state index < -0.39 is 10.0 Å². The standard InChI is InChI=1S/C13H20N4O3S/c1-2-17-8-9(7-14-17)13-11(5-6-12(18)15-13)16-21(19,20)10-3-4-10/h7-8,10-11,13,16H,2-6H2,1H3,(H,15,18)/t11-,13+/m1/s1. The van der Waals surface area contributed by atoms with Gasteiger partial charge in [0.1, 0.15) is 0 Å². The Kier molecular flexibility index (Phi) is 3.75. The van der Waals surface area contributed by atoms with Crippen LogP contribution < -0.4 is 10.0 Å². The number of rotatable bonds is 5.